The normalized spacial score (nSPS) is 14.0. The average molecular weight is 995 g/mol. The Bertz CT molecular complexity index is 2440. The molecule has 8 rings (SSSR count). The van der Waals surface area contributed by atoms with Crippen LogP contribution < -0.4 is 4.40 Å². The number of aromatic nitrogens is 5. The summed E-state index contributed by atoms with van der Waals surface area (Å²) in [5.74, 6) is 10.0. The smallest absolute Gasteiger partial charge is 0.216 e. The van der Waals surface area contributed by atoms with E-state index in [1.165, 1.54) is 43.2 Å². The fourth-order valence-electron chi connectivity index (χ4n) is 8.46. The molecule has 8 heteroatoms. The molecule has 1 radical (unpaired) electrons. The molecule has 5 aromatic heterocycles. The number of hydrogen-bond donors (Lipinski definition) is 0. The molecular weight excluding hydrogens is 939 g/mol. The maximum atomic E-state index is 6.40. The Hall–Kier alpha value is -4.04. The molecule has 0 bridgehead atoms. The second-order valence-electron chi connectivity index (χ2n) is 17.1. The number of benzene rings is 2. The summed E-state index contributed by atoms with van der Waals surface area (Å²) in [7, 11) is 0. The van der Waals surface area contributed by atoms with Crippen LogP contribution in [0, 0.1) is 44.7 Å². The van der Waals surface area contributed by atoms with Gasteiger partial charge in [-0.1, -0.05) is 48.8 Å². The summed E-state index contributed by atoms with van der Waals surface area (Å²) >= 11 is -1.86. The average Bonchev–Trinajstić information content (AvgIpc) is 3.56. The summed E-state index contributed by atoms with van der Waals surface area (Å²) < 4.78 is 7.94. The first-order valence-corrected chi connectivity index (χ1v) is 27.7. The van der Waals surface area contributed by atoms with Crippen LogP contribution in [0.3, 0.4) is 0 Å². The van der Waals surface area contributed by atoms with Crippen LogP contribution in [0.4, 0.5) is 0 Å². The van der Waals surface area contributed by atoms with Crippen molar-refractivity contribution in [2.45, 2.75) is 103 Å². The van der Waals surface area contributed by atoms with Crippen LogP contribution in [-0.4, -0.2) is 38.2 Å². The van der Waals surface area contributed by atoms with Crippen molar-refractivity contribution in [1.29, 1.82) is 0 Å². The topological polar surface area (TPSA) is 77.6 Å². The Kier molecular flexibility index (Phi) is 13.6. The summed E-state index contributed by atoms with van der Waals surface area (Å²) in [6.45, 7) is 12.9. The Labute approximate surface area is 355 Å². The summed E-state index contributed by atoms with van der Waals surface area (Å²) in [5.41, 5.74) is 11.8. The molecule has 297 valence electrons. The Balaban J connectivity index is 0.000000223. The van der Waals surface area contributed by atoms with Crippen molar-refractivity contribution in [3.63, 3.8) is 0 Å². The monoisotopic (exact) mass is 996 g/mol. The van der Waals surface area contributed by atoms with E-state index in [-0.39, 0.29) is 20.1 Å². The van der Waals surface area contributed by atoms with Crippen LogP contribution in [-0.2, 0) is 26.5 Å². The molecular formula is C49H55GeIrN5O-2. The zero-order valence-electron chi connectivity index (χ0n) is 35.0. The minimum atomic E-state index is -1.86. The fraction of sp³-hybridized carbons (Fsp3) is 0.367. The molecule has 1 aliphatic rings. The zero-order chi connectivity index (χ0) is 39.6. The Morgan fingerprint density at radius 2 is 1.53 bits per heavy atom. The quantitative estimate of drug-likeness (QED) is 0.112. The van der Waals surface area contributed by atoms with Crippen molar-refractivity contribution in [3.05, 3.63) is 120 Å². The molecule has 0 aliphatic heterocycles. The minimum Gasteiger partial charge on any atom is -0.486 e. The Morgan fingerprint density at radius 1 is 0.772 bits per heavy atom. The number of hydrogen-bond acceptors (Lipinski definition) is 6. The molecule has 1 unspecified atom stereocenters. The van der Waals surface area contributed by atoms with Gasteiger partial charge < -0.3 is 9.40 Å². The number of pyridine rings is 3. The first-order valence-electron chi connectivity index (χ1n) is 20.4. The Morgan fingerprint density at radius 3 is 2.21 bits per heavy atom. The van der Waals surface area contributed by atoms with E-state index >= 15 is 0 Å². The molecule has 6 nitrogen and oxygen atoms in total. The number of fused-ring (bicyclic) bond motifs is 3. The first-order chi connectivity index (χ1) is 26.9. The van der Waals surface area contributed by atoms with Crippen molar-refractivity contribution >= 4 is 39.7 Å². The van der Waals surface area contributed by atoms with Gasteiger partial charge in [-0.3, -0.25) is 0 Å². The minimum absolute atomic E-state index is 0. The van der Waals surface area contributed by atoms with Crippen LogP contribution >= 0.6 is 0 Å². The summed E-state index contributed by atoms with van der Waals surface area (Å²) in [4.78, 5) is 23.4. The number of nitrogens with zero attached hydrogens (tertiary/aromatic N) is 5. The molecule has 1 aliphatic carbocycles. The summed E-state index contributed by atoms with van der Waals surface area (Å²) in [6, 6.07) is 29.6. The maximum absolute atomic E-state index is 6.40. The predicted octanol–water partition coefficient (Wildman–Crippen LogP) is 12.2. The summed E-state index contributed by atoms with van der Waals surface area (Å²) in [6.07, 6.45) is 11.9. The van der Waals surface area contributed by atoms with E-state index in [2.05, 4.69) is 96.7 Å². The first kappa shape index (κ1) is 42.6. The van der Waals surface area contributed by atoms with Crippen molar-refractivity contribution in [2.24, 2.45) is 11.8 Å². The van der Waals surface area contributed by atoms with Gasteiger partial charge in [-0.15, -0.1) is 18.2 Å². The number of furan rings is 1. The van der Waals surface area contributed by atoms with E-state index in [1.807, 2.05) is 63.4 Å². The van der Waals surface area contributed by atoms with Gasteiger partial charge in [-0.2, -0.15) is 0 Å². The van der Waals surface area contributed by atoms with E-state index in [4.69, 9.17) is 19.4 Å². The molecule has 0 amide bonds. The second-order valence-corrected chi connectivity index (χ2v) is 27.6. The standard InChI is InChI=1S/C31H31N4O.C18H24GeN.Ir/c1-18(22-9-6-5-7-10-22)23-15-16-32-28(17-23)26-12-8-11-24-25-13-14-27(35-31(25)36-30(24)26)29-19(2)33-21(4)34-20(29)3;1-14(2)11-16-12-18(15-9-7-6-8-10-15)20-13-17(16)19(3,4)5;/h8,11,13-18,22H,5-7,9-10H2,1-4H3;6-9,12-14H,11H2,1-5H3;/q2*-1;. The predicted molar refractivity (Wildman–Crippen MR) is 234 cm³/mol. The molecule has 2 aromatic carbocycles. The third-order valence-corrected chi connectivity index (χ3v) is 15.6. The molecule has 1 saturated carbocycles. The molecule has 0 saturated heterocycles. The van der Waals surface area contributed by atoms with Crippen LogP contribution in [0.25, 0.3) is 55.8 Å². The van der Waals surface area contributed by atoms with Crippen LogP contribution in [0.1, 0.15) is 87.1 Å². The van der Waals surface area contributed by atoms with E-state index < -0.39 is 13.3 Å². The molecule has 0 spiro atoms. The largest absolute Gasteiger partial charge is 0.486 e. The third kappa shape index (κ3) is 9.65. The van der Waals surface area contributed by atoms with Gasteiger partial charge in [0.1, 0.15) is 5.82 Å². The van der Waals surface area contributed by atoms with Crippen molar-refractivity contribution < 1.29 is 24.5 Å². The van der Waals surface area contributed by atoms with Gasteiger partial charge in [0.2, 0.25) is 5.71 Å². The van der Waals surface area contributed by atoms with Gasteiger partial charge in [0.15, 0.2) is 0 Å². The number of rotatable bonds is 8. The molecule has 0 N–H and O–H groups in total. The van der Waals surface area contributed by atoms with Gasteiger partial charge in [-0.05, 0) is 69.3 Å². The fourth-order valence-corrected chi connectivity index (χ4v) is 11.8. The molecule has 7 aromatic rings. The van der Waals surface area contributed by atoms with E-state index in [0.717, 1.165) is 79.7 Å². The van der Waals surface area contributed by atoms with Gasteiger partial charge in [0.25, 0.3) is 0 Å². The molecule has 57 heavy (non-hydrogen) atoms. The van der Waals surface area contributed by atoms with E-state index in [0.29, 0.717) is 17.5 Å². The zero-order valence-corrected chi connectivity index (χ0v) is 39.5. The van der Waals surface area contributed by atoms with Crippen molar-refractivity contribution in [1.82, 2.24) is 24.9 Å². The molecule has 1 atom stereocenters. The van der Waals surface area contributed by atoms with Gasteiger partial charge in [0.05, 0.1) is 22.7 Å². The van der Waals surface area contributed by atoms with Gasteiger partial charge in [0, 0.05) is 37.3 Å². The summed E-state index contributed by atoms with van der Waals surface area (Å²) in [5, 5.41) is 2.01. The molecule has 1 fully saturated rings. The van der Waals surface area contributed by atoms with Crippen molar-refractivity contribution in [3.8, 4) is 33.8 Å². The third-order valence-electron chi connectivity index (χ3n) is 11.3. The van der Waals surface area contributed by atoms with E-state index in [1.54, 1.807) is 4.40 Å². The van der Waals surface area contributed by atoms with Gasteiger partial charge in [-0.25, -0.2) is 15.0 Å². The SMILES string of the molecule is CC(C)Cc1cc(-c2[c-]cccc2)nc[c]1[Ge]([CH3])([CH3])[CH3].Cc1nc(C)c(-c2ccc3c(n2)oc2c(-c4cc(C(C)C5CCCCC5)ccn4)[c-]ccc23)c(C)n1.[Ir]. The van der Waals surface area contributed by atoms with Crippen LogP contribution in [0.2, 0.25) is 17.3 Å². The van der Waals surface area contributed by atoms with Crippen LogP contribution in [0.5, 0.6) is 0 Å². The maximum Gasteiger partial charge on any atom is 0.216 e. The number of aryl methyl sites for hydroxylation is 3. The second kappa shape index (κ2) is 18.3. The van der Waals surface area contributed by atoms with Crippen molar-refractivity contribution in [2.75, 3.05) is 0 Å². The molecule has 5 heterocycles. The van der Waals surface area contributed by atoms with Gasteiger partial charge >= 0.3 is 126 Å². The van der Waals surface area contributed by atoms with E-state index in [9.17, 15) is 0 Å². The van der Waals surface area contributed by atoms with Crippen LogP contribution in [0.15, 0.2) is 83.5 Å².